The third-order valence-electron chi connectivity index (χ3n) is 4.42. The first-order chi connectivity index (χ1) is 10.3. The number of benzene rings is 1. The van der Waals surface area contributed by atoms with Crippen molar-refractivity contribution in [3.05, 3.63) is 51.7 Å². The van der Waals surface area contributed by atoms with Gasteiger partial charge in [-0.3, -0.25) is 0 Å². The lowest BCUT2D eigenvalue weighted by atomic mass is 9.95. The van der Waals surface area contributed by atoms with Crippen LogP contribution in [0.4, 0.5) is 5.69 Å². The van der Waals surface area contributed by atoms with Crippen molar-refractivity contribution in [3.8, 4) is 6.07 Å². The summed E-state index contributed by atoms with van der Waals surface area (Å²) in [4.78, 5) is 1.38. The maximum atomic E-state index is 9.42. The maximum absolute atomic E-state index is 9.42. The number of nitrogens with zero attached hydrogens (tertiary/aromatic N) is 1. The number of hydrogen-bond donors (Lipinski definition) is 1. The minimum atomic E-state index is 0.335. The summed E-state index contributed by atoms with van der Waals surface area (Å²) in [6.07, 6.45) is 5.22. The van der Waals surface area contributed by atoms with Gasteiger partial charge in [0, 0.05) is 4.88 Å². The van der Waals surface area contributed by atoms with Crippen molar-refractivity contribution in [2.75, 3.05) is 5.32 Å². The van der Waals surface area contributed by atoms with Gasteiger partial charge in [-0.25, -0.2) is 0 Å². The van der Waals surface area contributed by atoms with Crippen LogP contribution in [-0.2, 0) is 0 Å². The first-order valence-corrected chi connectivity index (χ1v) is 8.47. The Hall–Kier alpha value is -1.79. The molecular formula is C18H20N2S. The lowest BCUT2D eigenvalue weighted by molar-refractivity contribution is 0.475. The highest BCUT2D eigenvalue weighted by Gasteiger charge is 2.27. The van der Waals surface area contributed by atoms with E-state index in [0.29, 0.717) is 12.0 Å². The average Bonchev–Trinajstić information content (AvgIpc) is 3.18. The molecule has 1 N–H and O–H groups in total. The van der Waals surface area contributed by atoms with Gasteiger partial charge in [0.25, 0.3) is 0 Å². The molecule has 0 aliphatic heterocycles. The third kappa shape index (κ3) is 2.96. The standard InChI is InChI=1S/C18H20N2S/c1-13-6-4-9-16(15(13)12-19)20-18(14-7-2-3-8-14)17-10-5-11-21-17/h4-6,9-11,14,18,20H,2-3,7-8H2,1H3. The van der Waals surface area contributed by atoms with Crippen LogP contribution in [0.2, 0.25) is 0 Å². The Morgan fingerprint density at radius 2 is 2.05 bits per heavy atom. The molecule has 108 valence electrons. The summed E-state index contributed by atoms with van der Waals surface area (Å²) in [5.74, 6) is 0.677. The molecule has 1 saturated carbocycles. The minimum absolute atomic E-state index is 0.335. The van der Waals surface area contributed by atoms with E-state index in [0.717, 1.165) is 16.8 Å². The van der Waals surface area contributed by atoms with Gasteiger partial charge < -0.3 is 5.32 Å². The van der Waals surface area contributed by atoms with Crippen molar-refractivity contribution >= 4 is 17.0 Å². The summed E-state index contributed by atoms with van der Waals surface area (Å²) in [5.41, 5.74) is 2.79. The van der Waals surface area contributed by atoms with Crippen molar-refractivity contribution < 1.29 is 0 Å². The van der Waals surface area contributed by atoms with E-state index in [1.54, 1.807) is 0 Å². The van der Waals surface area contributed by atoms with Gasteiger partial charge in [0.15, 0.2) is 0 Å². The highest BCUT2D eigenvalue weighted by Crippen LogP contribution is 2.40. The largest absolute Gasteiger partial charge is 0.376 e. The third-order valence-corrected chi connectivity index (χ3v) is 5.37. The van der Waals surface area contributed by atoms with Crippen LogP contribution in [0.1, 0.15) is 47.7 Å². The second-order valence-electron chi connectivity index (χ2n) is 5.79. The number of thiophene rings is 1. The lowest BCUT2D eigenvalue weighted by Gasteiger charge is -2.25. The van der Waals surface area contributed by atoms with Crippen LogP contribution < -0.4 is 5.32 Å². The molecule has 1 unspecified atom stereocenters. The summed E-state index contributed by atoms with van der Waals surface area (Å²) in [5, 5.41) is 15.2. The summed E-state index contributed by atoms with van der Waals surface area (Å²) in [7, 11) is 0. The molecule has 0 radical (unpaired) electrons. The first kappa shape index (κ1) is 14.2. The van der Waals surface area contributed by atoms with Crippen LogP contribution in [0.15, 0.2) is 35.7 Å². The second kappa shape index (κ2) is 6.32. The van der Waals surface area contributed by atoms with Crippen molar-refractivity contribution in [1.29, 1.82) is 5.26 Å². The molecule has 1 aromatic carbocycles. The van der Waals surface area contributed by atoms with E-state index in [2.05, 4.69) is 28.9 Å². The van der Waals surface area contributed by atoms with Gasteiger partial charge in [-0.2, -0.15) is 5.26 Å². The molecular weight excluding hydrogens is 276 g/mol. The van der Waals surface area contributed by atoms with Gasteiger partial charge in [0.05, 0.1) is 17.3 Å². The normalized spacial score (nSPS) is 16.6. The van der Waals surface area contributed by atoms with Crippen molar-refractivity contribution in [3.63, 3.8) is 0 Å². The molecule has 2 nitrogen and oxygen atoms in total. The van der Waals surface area contributed by atoms with Crippen LogP contribution in [0.5, 0.6) is 0 Å². The predicted molar refractivity (Wildman–Crippen MR) is 88.5 cm³/mol. The van der Waals surface area contributed by atoms with Crippen LogP contribution in [0.25, 0.3) is 0 Å². The van der Waals surface area contributed by atoms with Gasteiger partial charge in [-0.15, -0.1) is 11.3 Å². The van der Waals surface area contributed by atoms with Gasteiger partial charge >= 0.3 is 0 Å². The number of aryl methyl sites for hydroxylation is 1. The molecule has 1 fully saturated rings. The molecule has 1 aromatic heterocycles. The molecule has 1 atom stereocenters. The van der Waals surface area contributed by atoms with Crippen molar-refractivity contribution in [1.82, 2.24) is 0 Å². The Balaban J connectivity index is 1.92. The van der Waals surface area contributed by atoms with Crippen LogP contribution in [-0.4, -0.2) is 0 Å². The number of nitriles is 1. The van der Waals surface area contributed by atoms with E-state index >= 15 is 0 Å². The zero-order chi connectivity index (χ0) is 14.7. The van der Waals surface area contributed by atoms with E-state index in [1.807, 2.05) is 36.5 Å². The molecule has 0 bridgehead atoms. The second-order valence-corrected chi connectivity index (χ2v) is 6.77. The Kier molecular flexibility index (Phi) is 4.26. The van der Waals surface area contributed by atoms with Gasteiger partial charge in [-0.05, 0) is 48.8 Å². The predicted octanol–water partition coefficient (Wildman–Crippen LogP) is 5.27. The molecule has 3 heteroatoms. The van der Waals surface area contributed by atoms with Crippen LogP contribution >= 0.6 is 11.3 Å². The summed E-state index contributed by atoms with van der Waals surface area (Å²) >= 11 is 1.81. The van der Waals surface area contributed by atoms with E-state index in [4.69, 9.17) is 0 Å². The van der Waals surface area contributed by atoms with Crippen LogP contribution in [0, 0.1) is 24.2 Å². The molecule has 1 heterocycles. The highest BCUT2D eigenvalue weighted by molar-refractivity contribution is 7.10. The number of anilines is 1. The monoisotopic (exact) mass is 296 g/mol. The molecule has 3 rings (SSSR count). The SMILES string of the molecule is Cc1cccc(NC(c2cccs2)C2CCCC2)c1C#N. The molecule has 0 spiro atoms. The zero-order valence-corrected chi connectivity index (χ0v) is 13.1. The minimum Gasteiger partial charge on any atom is -0.376 e. The zero-order valence-electron chi connectivity index (χ0n) is 12.3. The summed E-state index contributed by atoms with van der Waals surface area (Å²) in [6.45, 7) is 2.00. The molecule has 21 heavy (non-hydrogen) atoms. The van der Waals surface area contributed by atoms with Crippen LogP contribution in [0.3, 0.4) is 0 Å². The fraction of sp³-hybridized carbons (Fsp3) is 0.389. The topological polar surface area (TPSA) is 35.8 Å². The van der Waals surface area contributed by atoms with E-state index < -0.39 is 0 Å². The van der Waals surface area contributed by atoms with Gasteiger partial charge in [-0.1, -0.05) is 31.0 Å². The highest BCUT2D eigenvalue weighted by atomic mass is 32.1. The number of nitrogens with one attached hydrogen (secondary N) is 1. The fourth-order valence-corrected chi connectivity index (χ4v) is 4.15. The molecule has 1 aliphatic rings. The first-order valence-electron chi connectivity index (χ1n) is 7.59. The van der Waals surface area contributed by atoms with Gasteiger partial charge in [0.2, 0.25) is 0 Å². The lowest BCUT2D eigenvalue weighted by Crippen LogP contribution is -2.18. The Morgan fingerprint density at radius 1 is 1.24 bits per heavy atom. The smallest absolute Gasteiger partial charge is 0.102 e. The molecule has 1 aliphatic carbocycles. The van der Waals surface area contributed by atoms with E-state index in [-0.39, 0.29) is 0 Å². The van der Waals surface area contributed by atoms with Gasteiger partial charge in [0.1, 0.15) is 6.07 Å². The Labute approximate surface area is 130 Å². The number of rotatable bonds is 4. The molecule has 2 aromatic rings. The summed E-state index contributed by atoms with van der Waals surface area (Å²) < 4.78 is 0. The average molecular weight is 296 g/mol. The summed E-state index contributed by atoms with van der Waals surface area (Å²) in [6, 6.07) is 13.1. The molecule has 0 amide bonds. The number of hydrogen-bond acceptors (Lipinski definition) is 3. The maximum Gasteiger partial charge on any atom is 0.102 e. The Bertz CT molecular complexity index is 634. The van der Waals surface area contributed by atoms with Crippen molar-refractivity contribution in [2.24, 2.45) is 5.92 Å². The Morgan fingerprint density at radius 3 is 2.71 bits per heavy atom. The van der Waals surface area contributed by atoms with E-state index in [9.17, 15) is 5.26 Å². The quantitative estimate of drug-likeness (QED) is 0.834. The van der Waals surface area contributed by atoms with E-state index in [1.165, 1.54) is 30.6 Å². The molecule has 0 saturated heterocycles. The fourth-order valence-electron chi connectivity index (χ4n) is 3.28. The van der Waals surface area contributed by atoms with Crippen molar-refractivity contribution in [2.45, 2.75) is 38.6 Å².